The second-order valence-corrected chi connectivity index (χ2v) is 3.74. The average molecular weight is 176 g/mol. The first kappa shape index (κ1) is 8.70. The fourth-order valence-electron chi connectivity index (χ4n) is 1.91. The van der Waals surface area contributed by atoms with Gasteiger partial charge in [-0.15, -0.1) is 0 Å². The number of nitrogens with zero attached hydrogens (tertiary/aromatic N) is 1. The van der Waals surface area contributed by atoms with Crippen molar-refractivity contribution in [3.05, 3.63) is 30.1 Å². The molecule has 70 valence electrons. The van der Waals surface area contributed by atoms with E-state index in [-0.39, 0.29) is 0 Å². The summed E-state index contributed by atoms with van der Waals surface area (Å²) in [6.07, 6.45) is 5.68. The Morgan fingerprint density at radius 1 is 1.46 bits per heavy atom. The maximum absolute atomic E-state index is 4.35. The highest BCUT2D eigenvalue weighted by Gasteiger charge is 2.13. The summed E-state index contributed by atoms with van der Waals surface area (Å²) in [4.78, 5) is 4.35. The van der Waals surface area contributed by atoms with Crippen molar-refractivity contribution in [2.24, 2.45) is 5.92 Å². The van der Waals surface area contributed by atoms with Gasteiger partial charge in [0.15, 0.2) is 0 Å². The Balaban J connectivity index is 1.90. The van der Waals surface area contributed by atoms with Crippen LogP contribution in [0, 0.1) is 5.92 Å². The third-order valence-corrected chi connectivity index (χ3v) is 2.62. The first-order valence-corrected chi connectivity index (χ1v) is 5.06. The number of piperidine rings is 1. The van der Waals surface area contributed by atoms with Crippen LogP contribution in [0.5, 0.6) is 0 Å². The second kappa shape index (κ2) is 4.38. The van der Waals surface area contributed by atoms with E-state index in [0.29, 0.717) is 0 Å². The van der Waals surface area contributed by atoms with Gasteiger partial charge >= 0.3 is 0 Å². The molecule has 0 aromatic carbocycles. The molecule has 13 heavy (non-hydrogen) atoms. The zero-order valence-electron chi connectivity index (χ0n) is 7.87. The number of rotatable bonds is 2. The quantitative estimate of drug-likeness (QED) is 0.740. The fourth-order valence-corrected chi connectivity index (χ4v) is 1.91. The second-order valence-electron chi connectivity index (χ2n) is 3.74. The van der Waals surface area contributed by atoms with E-state index < -0.39 is 0 Å². The van der Waals surface area contributed by atoms with Crippen molar-refractivity contribution < 1.29 is 0 Å². The van der Waals surface area contributed by atoms with Gasteiger partial charge in [0.2, 0.25) is 0 Å². The molecule has 1 aromatic rings. The van der Waals surface area contributed by atoms with Gasteiger partial charge < -0.3 is 5.32 Å². The van der Waals surface area contributed by atoms with Gasteiger partial charge in [-0.1, -0.05) is 6.07 Å². The summed E-state index contributed by atoms with van der Waals surface area (Å²) in [6.45, 7) is 2.36. The zero-order chi connectivity index (χ0) is 8.93. The summed E-state index contributed by atoms with van der Waals surface area (Å²) in [5, 5.41) is 3.43. The molecule has 2 rings (SSSR count). The molecule has 1 aliphatic rings. The van der Waals surface area contributed by atoms with Gasteiger partial charge in [-0.2, -0.15) is 0 Å². The van der Waals surface area contributed by atoms with E-state index in [9.17, 15) is 0 Å². The Morgan fingerprint density at radius 3 is 3.15 bits per heavy atom. The SMILES string of the molecule is c1ccc(C[C@@H]2CCCNC2)nc1. The van der Waals surface area contributed by atoms with E-state index in [1.807, 2.05) is 12.3 Å². The Morgan fingerprint density at radius 2 is 2.46 bits per heavy atom. The molecule has 0 bridgehead atoms. The van der Waals surface area contributed by atoms with Crippen LogP contribution in [0.3, 0.4) is 0 Å². The maximum atomic E-state index is 4.35. The molecular formula is C11H16N2. The van der Waals surface area contributed by atoms with Crippen LogP contribution in [0.4, 0.5) is 0 Å². The van der Waals surface area contributed by atoms with Crippen LogP contribution < -0.4 is 5.32 Å². The minimum Gasteiger partial charge on any atom is -0.316 e. The van der Waals surface area contributed by atoms with Crippen LogP contribution in [0.25, 0.3) is 0 Å². The number of pyridine rings is 1. The Bertz CT molecular complexity index is 240. The van der Waals surface area contributed by atoms with Crippen molar-refractivity contribution in [1.82, 2.24) is 10.3 Å². The lowest BCUT2D eigenvalue weighted by Crippen LogP contribution is -2.30. The minimum atomic E-state index is 0.795. The molecule has 1 aliphatic heterocycles. The Hall–Kier alpha value is -0.890. The molecule has 0 saturated carbocycles. The lowest BCUT2D eigenvalue weighted by Gasteiger charge is -2.22. The molecule has 0 amide bonds. The lowest BCUT2D eigenvalue weighted by molar-refractivity contribution is 0.373. The predicted octanol–water partition coefficient (Wildman–Crippen LogP) is 1.62. The molecule has 1 fully saturated rings. The molecule has 1 atom stereocenters. The maximum Gasteiger partial charge on any atom is 0.0406 e. The van der Waals surface area contributed by atoms with Crippen molar-refractivity contribution in [1.29, 1.82) is 0 Å². The Labute approximate surface area is 79.4 Å². The van der Waals surface area contributed by atoms with Crippen molar-refractivity contribution in [2.75, 3.05) is 13.1 Å². The van der Waals surface area contributed by atoms with Crippen LogP contribution in [0.1, 0.15) is 18.5 Å². The third kappa shape index (κ3) is 2.52. The van der Waals surface area contributed by atoms with Gasteiger partial charge in [-0.3, -0.25) is 4.98 Å². The highest BCUT2D eigenvalue weighted by atomic mass is 14.9. The van der Waals surface area contributed by atoms with Crippen LogP contribution in [-0.4, -0.2) is 18.1 Å². The van der Waals surface area contributed by atoms with Crippen molar-refractivity contribution in [3.8, 4) is 0 Å². The van der Waals surface area contributed by atoms with E-state index in [4.69, 9.17) is 0 Å². The molecule has 2 heteroatoms. The van der Waals surface area contributed by atoms with Gasteiger partial charge in [0.25, 0.3) is 0 Å². The summed E-state index contributed by atoms with van der Waals surface area (Å²) in [6, 6.07) is 6.16. The summed E-state index contributed by atoms with van der Waals surface area (Å²) < 4.78 is 0. The number of aromatic nitrogens is 1. The molecular weight excluding hydrogens is 160 g/mol. The van der Waals surface area contributed by atoms with E-state index in [2.05, 4.69) is 22.4 Å². The molecule has 0 unspecified atom stereocenters. The average Bonchev–Trinajstić information content (AvgIpc) is 2.21. The first-order valence-electron chi connectivity index (χ1n) is 5.06. The third-order valence-electron chi connectivity index (χ3n) is 2.62. The lowest BCUT2D eigenvalue weighted by atomic mass is 9.94. The summed E-state index contributed by atoms with van der Waals surface area (Å²) in [5.41, 5.74) is 1.23. The largest absolute Gasteiger partial charge is 0.316 e. The highest BCUT2D eigenvalue weighted by molar-refractivity contribution is 5.04. The van der Waals surface area contributed by atoms with E-state index in [0.717, 1.165) is 18.9 Å². The number of hydrogen-bond acceptors (Lipinski definition) is 2. The van der Waals surface area contributed by atoms with Crippen LogP contribution in [0.15, 0.2) is 24.4 Å². The van der Waals surface area contributed by atoms with Crippen molar-refractivity contribution in [2.45, 2.75) is 19.3 Å². The highest BCUT2D eigenvalue weighted by Crippen LogP contribution is 2.14. The van der Waals surface area contributed by atoms with Crippen LogP contribution in [0.2, 0.25) is 0 Å². The molecule has 0 radical (unpaired) electrons. The molecule has 1 N–H and O–H groups in total. The van der Waals surface area contributed by atoms with Crippen molar-refractivity contribution in [3.63, 3.8) is 0 Å². The fraction of sp³-hybridized carbons (Fsp3) is 0.545. The van der Waals surface area contributed by atoms with Gasteiger partial charge in [0, 0.05) is 11.9 Å². The van der Waals surface area contributed by atoms with E-state index in [1.54, 1.807) is 0 Å². The van der Waals surface area contributed by atoms with Crippen LogP contribution >= 0.6 is 0 Å². The van der Waals surface area contributed by atoms with Gasteiger partial charge in [-0.25, -0.2) is 0 Å². The van der Waals surface area contributed by atoms with Crippen LogP contribution in [-0.2, 0) is 6.42 Å². The zero-order valence-corrected chi connectivity index (χ0v) is 7.87. The minimum absolute atomic E-state index is 0.795. The monoisotopic (exact) mass is 176 g/mol. The standard InChI is InChI=1S/C11H16N2/c1-2-7-13-11(5-1)8-10-4-3-6-12-9-10/h1-2,5,7,10,12H,3-4,6,8-9H2/t10-/m0/s1. The van der Waals surface area contributed by atoms with Gasteiger partial charge in [0.05, 0.1) is 0 Å². The van der Waals surface area contributed by atoms with E-state index >= 15 is 0 Å². The topological polar surface area (TPSA) is 24.9 Å². The molecule has 2 nitrogen and oxygen atoms in total. The molecule has 0 spiro atoms. The number of hydrogen-bond donors (Lipinski definition) is 1. The first-order chi connectivity index (χ1) is 6.45. The number of nitrogens with one attached hydrogen (secondary N) is 1. The van der Waals surface area contributed by atoms with Gasteiger partial charge in [-0.05, 0) is 50.4 Å². The smallest absolute Gasteiger partial charge is 0.0406 e. The van der Waals surface area contributed by atoms with Gasteiger partial charge in [0.1, 0.15) is 0 Å². The molecule has 0 aliphatic carbocycles. The summed E-state index contributed by atoms with van der Waals surface area (Å²) in [5.74, 6) is 0.795. The molecule has 1 aromatic heterocycles. The van der Waals surface area contributed by atoms with E-state index in [1.165, 1.54) is 25.1 Å². The predicted molar refractivity (Wildman–Crippen MR) is 53.5 cm³/mol. The normalized spacial score (nSPS) is 22.9. The van der Waals surface area contributed by atoms with Crippen molar-refractivity contribution >= 4 is 0 Å². The molecule has 1 saturated heterocycles. The summed E-state index contributed by atoms with van der Waals surface area (Å²) in [7, 11) is 0. The molecule has 2 heterocycles. The summed E-state index contributed by atoms with van der Waals surface area (Å²) >= 11 is 0. The Kier molecular flexibility index (Phi) is 2.93.